The van der Waals surface area contributed by atoms with Crippen LogP contribution in [0, 0.1) is 5.92 Å². The molecular weight excluding hydrogens is 334 g/mol. The molecule has 2 heterocycles. The second-order valence-corrected chi connectivity index (χ2v) is 6.00. The van der Waals surface area contributed by atoms with Gasteiger partial charge in [0.15, 0.2) is 6.23 Å². The van der Waals surface area contributed by atoms with Gasteiger partial charge in [0.2, 0.25) is 0 Å². The zero-order valence-electron chi connectivity index (χ0n) is 14.0. The van der Waals surface area contributed by atoms with Crippen LogP contribution in [0.25, 0.3) is 0 Å². The molecular formula is C14H23N5O6. The van der Waals surface area contributed by atoms with Gasteiger partial charge in [-0.3, -0.25) is 4.79 Å². The minimum atomic E-state index is -1.46. The Labute approximate surface area is 143 Å². The van der Waals surface area contributed by atoms with Crippen molar-refractivity contribution >= 4 is 11.8 Å². The van der Waals surface area contributed by atoms with Crippen LogP contribution in [0.3, 0.4) is 0 Å². The molecule has 0 radical (unpaired) electrons. The first kappa shape index (κ1) is 19.2. The van der Waals surface area contributed by atoms with Crippen molar-refractivity contribution in [3.63, 3.8) is 0 Å². The first-order chi connectivity index (χ1) is 11.8. The van der Waals surface area contributed by atoms with Crippen molar-refractivity contribution in [3.8, 4) is 0 Å². The highest BCUT2D eigenvalue weighted by Crippen LogP contribution is 2.28. The van der Waals surface area contributed by atoms with Crippen LogP contribution in [0.2, 0.25) is 0 Å². The van der Waals surface area contributed by atoms with Crippen LogP contribution >= 0.6 is 0 Å². The Balaban J connectivity index is 2.02. The summed E-state index contributed by atoms with van der Waals surface area (Å²) >= 11 is 0. The number of aliphatic hydroxyl groups excluding tert-OH is 2. The topological polar surface area (TPSA) is 176 Å². The Morgan fingerprint density at radius 2 is 2.16 bits per heavy atom. The van der Waals surface area contributed by atoms with E-state index in [0.29, 0.717) is 6.42 Å². The number of nitrogens with two attached hydrogens (primary N) is 2. The number of carbonyl (C=O) groups is 1. The van der Waals surface area contributed by atoms with Gasteiger partial charge in [-0.05, 0) is 5.92 Å². The number of aromatic nitrogens is 3. The maximum absolute atomic E-state index is 11.9. The molecule has 0 amide bonds. The molecule has 1 aliphatic rings. The zero-order chi connectivity index (χ0) is 18.7. The number of carbonyl (C=O) groups excluding carboxylic acids is 1. The Kier molecular flexibility index (Phi) is 6.06. The largest absolute Gasteiger partial charge is 0.462 e. The van der Waals surface area contributed by atoms with Gasteiger partial charge < -0.3 is 31.2 Å². The lowest BCUT2D eigenvalue weighted by Gasteiger charge is -2.19. The van der Waals surface area contributed by atoms with E-state index in [2.05, 4.69) is 10.1 Å². The number of nitrogen functional groups attached to an aromatic ring is 1. The average molecular weight is 357 g/mol. The fraction of sp³-hybridized carbons (Fsp3) is 0.714. The van der Waals surface area contributed by atoms with E-state index in [9.17, 15) is 19.8 Å². The summed E-state index contributed by atoms with van der Waals surface area (Å²) in [5.41, 5.74) is 10.3. The van der Waals surface area contributed by atoms with Crippen molar-refractivity contribution < 1.29 is 24.5 Å². The molecule has 0 spiro atoms. The molecule has 0 saturated carbocycles. The molecule has 1 fully saturated rings. The monoisotopic (exact) mass is 357 g/mol. The number of anilines is 1. The minimum absolute atomic E-state index is 0.0658. The first-order valence-electron chi connectivity index (χ1n) is 7.91. The lowest BCUT2D eigenvalue weighted by molar-refractivity contribution is -0.153. The Morgan fingerprint density at radius 1 is 1.48 bits per heavy atom. The van der Waals surface area contributed by atoms with Crippen molar-refractivity contribution in [2.45, 2.75) is 50.8 Å². The minimum Gasteiger partial charge on any atom is -0.462 e. The number of esters is 1. The molecule has 1 aromatic heterocycles. The first-order valence-corrected chi connectivity index (χ1v) is 7.91. The lowest BCUT2D eigenvalue weighted by atomic mass is 10.0. The summed E-state index contributed by atoms with van der Waals surface area (Å²) in [7, 11) is 0. The van der Waals surface area contributed by atoms with E-state index in [-0.39, 0.29) is 18.3 Å². The molecule has 0 aliphatic carbocycles. The van der Waals surface area contributed by atoms with E-state index < -0.39 is 42.2 Å². The van der Waals surface area contributed by atoms with Crippen LogP contribution in [0.15, 0.2) is 11.0 Å². The SMILES string of the molecule is CC[C@@H](C)C(N)C(=O)OC[C@H]1O[C@@H](n2ncc(N)nc2=O)[C@@H](O)C1O. The molecule has 1 aromatic rings. The van der Waals surface area contributed by atoms with Crippen molar-refractivity contribution in [2.24, 2.45) is 11.7 Å². The normalized spacial score (nSPS) is 28.5. The van der Waals surface area contributed by atoms with Gasteiger partial charge in [0.05, 0.1) is 6.20 Å². The van der Waals surface area contributed by atoms with E-state index in [1.54, 1.807) is 0 Å². The van der Waals surface area contributed by atoms with Gasteiger partial charge in [-0.25, -0.2) is 4.79 Å². The molecule has 11 nitrogen and oxygen atoms in total. The third-order valence-corrected chi connectivity index (χ3v) is 4.23. The highest BCUT2D eigenvalue weighted by molar-refractivity contribution is 5.75. The van der Waals surface area contributed by atoms with E-state index in [0.717, 1.165) is 10.9 Å². The third kappa shape index (κ3) is 4.12. The summed E-state index contributed by atoms with van der Waals surface area (Å²) in [5, 5.41) is 23.9. The molecule has 2 unspecified atom stereocenters. The van der Waals surface area contributed by atoms with Crippen LogP contribution in [0.1, 0.15) is 26.5 Å². The van der Waals surface area contributed by atoms with Gasteiger partial charge in [0, 0.05) is 0 Å². The van der Waals surface area contributed by atoms with E-state index >= 15 is 0 Å². The van der Waals surface area contributed by atoms with Crippen LogP contribution in [-0.4, -0.2) is 61.9 Å². The van der Waals surface area contributed by atoms with Crippen molar-refractivity contribution in [2.75, 3.05) is 12.3 Å². The molecule has 1 saturated heterocycles. The van der Waals surface area contributed by atoms with Gasteiger partial charge >= 0.3 is 11.7 Å². The third-order valence-electron chi connectivity index (χ3n) is 4.23. The summed E-state index contributed by atoms with van der Waals surface area (Å²) in [5.74, 6) is -0.782. The molecule has 11 heteroatoms. The molecule has 140 valence electrons. The number of hydrogen-bond donors (Lipinski definition) is 4. The van der Waals surface area contributed by atoms with Crippen LogP contribution in [0.5, 0.6) is 0 Å². The Morgan fingerprint density at radius 3 is 2.76 bits per heavy atom. The summed E-state index contributed by atoms with van der Waals surface area (Å²) in [6, 6.07) is -0.796. The van der Waals surface area contributed by atoms with Gasteiger partial charge in [-0.15, -0.1) is 0 Å². The molecule has 1 aliphatic heterocycles. The molecule has 25 heavy (non-hydrogen) atoms. The fourth-order valence-electron chi connectivity index (χ4n) is 2.35. The molecule has 0 aromatic carbocycles. The maximum Gasteiger partial charge on any atom is 0.368 e. The van der Waals surface area contributed by atoms with Gasteiger partial charge in [0.1, 0.15) is 36.8 Å². The Hall–Kier alpha value is -2.08. The number of rotatable bonds is 6. The highest BCUT2D eigenvalue weighted by Gasteiger charge is 2.45. The molecule has 0 bridgehead atoms. The van der Waals surface area contributed by atoms with E-state index in [1.807, 2.05) is 13.8 Å². The summed E-state index contributed by atoms with van der Waals surface area (Å²) in [6.07, 6.45) is -3.34. The summed E-state index contributed by atoms with van der Waals surface area (Å²) in [4.78, 5) is 27.2. The van der Waals surface area contributed by atoms with Crippen molar-refractivity contribution in [3.05, 3.63) is 16.7 Å². The maximum atomic E-state index is 11.9. The number of ether oxygens (including phenoxy) is 2. The van der Waals surface area contributed by atoms with Gasteiger partial charge in [-0.2, -0.15) is 14.8 Å². The van der Waals surface area contributed by atoms with E-state index in [4.69, 9.17) is 20.9 Å². The van der Waals surface area contributed by atoms with Crippen LogP contribution < -0.4 is 17.2 Å². The summed E-state index contributed by atoms with van der Waals surface area (Å²) < 4.78 is 11.2. The predicted octanol–water partition coefficient (Wildman–Crippen LogP) is -2.24. The number of aliphatic hydroxyl groups is 2. The molecule has 6 atom stereocenters. The van der Waals surface area contributed by atoms with Crippen molar-refractivity contribution in [1.82, 2.24) is 14.8 Å². The Bertz CT molecular complexity index is 667. The quantitative estimate of drug-likeness (QED) is 0.407. The van der Waals surface area contributed by atoms with Gasteiger partial charge in [-0.1, -0.05) is 20.3 Å². The smallest absolute Gasteiger partial charge is 0.368 e. The molecule has 2 rings (SSSR count). The van der Waals surface area contributed by atoms with Gasteiger partial charge in [0.25, 0.3) is 0 Å². The number of nitrogens with zero attached hydrogens (tertiary/aromatic N) is 3. The number of hydrogen-bond acceptors (Lipinski definition) is 10. The average Bonchev–Trinajstić information content (AvgIpc) is 2.86. The van der Waals surface area contributed by atoms with Crippen LogP contribution in [-0.2, 0) is 14.3 Å². The van der Waals surface area contributed by atoms with Crippen molar-refractivity contribution in [1.29, 1.82) is 0 Å². The second kappa shape index (κ2) is 7.87. The molecule has 6 N–H and O–H groups in total. The fourth-order valence-corrected chi connectivity index (χ4v) is 2.35. The van der Waals surface area contributed by atoms with E-state index in [1.165, 1.54) is 0 Å². The predicted molar refractivity (Wildman–Crippen MR) is 85.0 cm³/mol. The second-order valence-electron chi connectivity index (χ2n) is 6.00. The summed E-state index contributed by atoms with van der Waals surface area (Å²) in [6.45, 7) is 3.39. The van der Waals surface area contributed by atoms with Crippen LogP contribution in [0.4, 0.5) is 5.82 Å². The lowest BCUT2D eigenvalue weighted by Crippen LogP contribution is -2.41. The zero-order valence-corrected chi connectivity index (χ0v) is 14.0. The standard InChI is InChI=1S/C14H23N5O6/c1-3-6(2)9(16)13(22)24-5-7-10(20)11(21)12(25-7)19-14(23)18-8(15)4-17-19/h4,6-7,9-12,20-21H,3,5,16H2,1-2H3,(H2,15,18,23)/t6-,7-,9?,10?,11+,12-/m1/s1. The highest BCUT2D eigenvalue weighted by atomic mass is 16.6.